The largest absolute Gasteiger partial charge is 0.356 e. The molecule has 2 aromatic carbocycles. The van der Waals surface area contributed by atoms with Crippen molar-refractivity contribution in [3.8, 4) is 34.2 Å². The van der Waals surface area contributed by atoms with Crippen LogP contribution in [0.3, 0.4) is 0 Å². The van der Waals surface area contributed by atoms with Gasteiger partial charge in [0.15, 0.2) is 23.1 Å². The van der Waals surface area contributed by atoms with Crippen LogP contribution in [0.2, 0.25) is 10.0 Å². The first kappa shape index (κ1) is 14.9. The maximum absolute atomic E-state index is 6.19. The lowest BCUT2D eigenvalue weighted by molar-refractivity contribution is 0.434. The molecule has 0 saturated heterocycles. The lowest BCUT2D eigenvalue weighted by Gasteiger charge is -1.98. The molecule has 2 aromatic heterocycles. The molecule has 0 saturated carbocycles. The molecule has 5 nitrogen and oxygen atoms in total. The van der Waals surface area contributed by atoms with Gasteiger partial charge in [0.1, 0.15) is 0 Å². The van der Waals surface area contributed by atoms with Crippen molar-refractivity contribution in [3.05, 3.63) is 64.6 Å². The second kappa shape index (κ2) is 6.11. The summed E-state index contributed by atoms with van der Waals surface area (Å²) < 4.78 is 5.38. The minimum absolute atomic E-state index is 0.468. The van der Waals surface area contributed by atoms with Crippen LogP contribution in [0.25, 0.3) is 34.2 Å². The van der Waals surface area contributed by atoms with Gasteiger partial charge in [-0.2, -0.15) is 5.10 Å². The predicted octanol–water partition coefficient (Wildman–Crippen LogP) is 5.10. The van der Waals surface area contributed by atoms with Crippen molar-refractivity contribution in [3.63, 3.8) is 0 Å². The number of nitrogens with zero attached hydrogens (tertiary/aromatic N) is 3. The maximum Gasteiger partial charge on any atom is 0.183 e. The molecule has 0 fully saturated rings. The van der Waals surface area contributed by atoms with E-state index < -0.39 is 0 Å². The Morgan fingerprint density at radius 2 is 1.79 bits per heavy atom. The van der Waals surface area contributed by atoms with Crippen molar-refractivity contribution in [2.24, 2.45) is 0 Å². The Morgan fingerprint density at radius 1 is 0.958 bits per heavy atom. The van der Waals surface area contributed by atoms with Crippen LogP contribution in [0.4, 0.5) is 0 Å². The van der Waals surface area contributed by atoms with Crippen LogP contribution in [0.15, 0.2) is 59.1 Å². The van der Waals surface area contributed by atoms with E-state index in [1.165, 1.54) is 0 Å². The molecule has 118 valence electrons. The Bertz CT molecular complexity index is 995. The molecule has 0 amide bonds. The Balaban J connectivity index is 1.67. The number of rotatable bonds is 3. The normalized spacial score (nSPS) is 10.9. The molecular weight excluding hydrogens is 347 g/mol. The molecule has 4 rings (SSSR count). The molecule has 0 aliphatic heterocycles. The van der Waals surface area contributed by atoms with E-state index in [-0.39, 0.29) is 0 Å². The van der Waals surface area contributed by atoms with Crippen molar-refractivity contribution in [1.29, 1.82) is 0 Å². The highest BCUT2D eigenvalue weighted by atomic mass is 35.5. The number of aromatic amines is 1. The third-order valence-electron chi connectivity index (χ3n) is 3.47. The predicted molar refractivity (Wildman–Crippen MR) is 92.8 cm³/mol. The zero-order valence-electron chi connectivity index (χ0n) is 12.2. The van der Waals surface area contributed by atoms with Crippen LogP contribution >= 0.6 is 23.2 Å². The lowest BCUT2D eigenvalue weighted by Crippen LogP contribution is -1.83. The van der Waals surface area contributed by atoms with Gasteiger partial charge in [0.25, 0.3) is 0 Å². The summed E-state index contributed by atoms with van der Waals surface area (Å²) in [6.45, 7) is 0. The number of benzene rings is 2. The Hall–Kier alpha value is -2.63. The van der Waals surface area contributed by atoms with Gasteiger partial charge in [-0.15, -0.1) is 0 Å². The van der Waals surface area contributed by atoms with Gasteiger partial charge in [0, 0.05) is 22.2 Å². The van der Waals surface area contributed by atoms with Crippen molar-refractivity contribution in [2.75, 3.05) is 0 Å². The van der Waals surface area contributed by atoms with Crippen LogP contribution in [0, 0.1) is 0 Å². The first-order valence-electron chi connectivity index (χ1n) is 7.11. The number of H-pyrrole nitrogens is 1. The van der Waals surface area contributed by atoms with Crippen molar-refractivity contribution in [2.45, 2.75) is 0 Å². The standard InChI is InChI=1S/C17H10Cl2N4O/c18-11-6-7-12(13(19)8-11)16-20-17(22-21-16)14-9-15(24-23-14)10-4-2-1-3-5-10/h1-9H,(H,20,21,22). The minimum atomic E-state index is 0.468. The maximum atomic E-state index is 6.19. The second-order valence-corrected chi connectivity index (χ2v) is 5.92. The summed E-state index contributed by atoms with van der Waals surface area (Å²) in [6, 6.07) is 16.7. The molecule has 4 aromatic rings. The topological polar surface area (TPSA) is 67.6 Å². The average molecular weight is 357 g/mol. The number of aromatic nitrogens is 4. The highest BCUT2D eigenvalue weighted by molar-refractivity contribution is 6.36. The molecule has 0 unspecified atom stereocenters. The van der Waals surface area contributed by atoms with E-state index in [0.29, 0.717) is 38.7 Å². The summed E-state index contributed by atoms with van der Waals surface area (Å²) in [5, 5.41) is 12.1. The Morgan fingerprint density at radius 3 is 2.58 bits per heavy atom. The highest BCUT2D eigenvalue weighted by Crippen LogP contribution is 2.30. The van der Waals surface area contributed by atoms with E-state index in [4.69, 9.17) is 27.7 Å². The highest BCUT2D eigenvalue weighted by Gasteiger charge is 2.15. The van der Waals surface area contributed by atoms with Gasteiger partial charge in [0.05, 0.1) is 5.02 Å². The average Bonchev–Trinajstić information content (AvgIpc) is 3.25. The molecule has 24 heavy (non-hydrogen) atoms. The lowest BCUT2D eigenvalue weighted by atomic mass is 10.1. The summed E-state index contributed by atoms with van der Waals surface area (Å²) in [4.78, 5) is 4.43. The fourth-order valence-electron chi connectivity index (χ4n) is 2.29. The summed E-state index contributed by atoms with van der Waals surface area (Å²) in [6.07, 6.45) is 0. The number of hydrogen-bond acceptors (Lipinski definition) is 4. The summed E-state index contributed by atoms with van der Waals surface area (Å²) in [5.74, 6) is 1.63. The monoisotopic (exact) mass is 356 g/mol. The first-order chi connectivity index (χ1) is 11.7. The minimum Gasteiger partial charge on any atom is -0.356 e. The van der Waals surface area contributed by atoms with E-state index in [0.717, 1.165) is 5.56 Å². The smallest absolute Gasteiger partial charge is 0.183 e. The van der Waals surface area contributed by atoms with Crippen molar-refractivity contribution in [1.82, 2.24) is 20.3 Å². The van der Waals surface area contributed by atoms with Crippen LogP contribution in [0.1, 0.15) is 0 Å². The molecule has 0 bridgehead atoms. The van der Waals surface area contributed by atoms with E-state index >= 15 is 0 Å². The second-order valence-electron chi connectivity index (χ2n) is 5.07. The van der Waals surface area contributed by atoms with E-state index in [1.807, 2.05) is 36.4 Å². The van der Waals surface area contributed by atoms with Crippen molar-refractivity contribution >= 4 is 23.2 Å². The molecular formula is C17H10Cl2N4O. The van der Waals surface area contributed by atoms with Crippen LogP contribution in [0.5, 0.6) is 0 Å². The fraction of sp³-hybridized carbons (Fsp3) is 0. The van der Waals surface area contributed by atoms with Crippen LogP contribution in [-0.2, 0) is 0 Å². The van der Waals surface area contributed by atoms with E-state index in [2.05, 4.69) is 20.3 Å². The summed E-state index contributed by atoms with van der Waals surface area (Å²) in [7, 11) is 0. The molecule has 0 aliphatic carbocycles. The molecule has 0 radical (unpaired) electrons. The molecule has 1 N–H and O–H groups in total. The third-order valence-corrected chi connectivity index (χ3v) is 4.02. The molecule has 0 aliphatic rings. The number of hydrogen-bond donors (Lipinski definition) is 1. The quantitative estimate of drug-likeness (QED) is 0.554. The molecule has 7 heteroatoms. The number of halogens is 2. The SMILES string of the molecule is Clc1ccc(-c2n[nH]c(-c3cc(-c4ccccc4)on3)n2)c(Cl)c1. The van der Waals surface area contributed by atoms with Gasteiger partial charge < -0.3 is 4.52 Å². The Labute approximate surface area is 147 Å². The van der Waals surface area contributed by atoms with E-state index in [9.17, 15) is 0 Å². The Kier molecular flexibility index (Phi) is 3.80. The number of nitrogens with one attached hydrogen (secondary N) is 1. The summed E-state index contributed by atoms with van der Waals surface area (Å²) >= 11 is 12.1. The van der Waals surface area contributed by atoms with Crippen molar-refractivity contribution < 1.29 is 4.52 Å². The van der Waals surface area contributed by atoms with E-state index in [1.54, 1.807) is 18.2 Å². The van der Waals surface area contributed by atoms with Crippen LogP contribution < -0.4 is 0 Å². The van der Waals surface area contributed by atoms with Gasteiger partial charge >= 0.3 is 0 Å². The van der Waals surface area contributed by atoms with Crippen LogP contribution in [-0.4, -0.2) is 20.3 Å². The zero-order chi connectivity index (χ0) is 16.5. The van der Waals surface area contributed by atoms with Gasteiger partial charge in [-0.25, -0.2) is 4.98 Å². The van der Waals surface area contributed by atoms with Gasteiger partial charge in [-0.1, -0.05) is 58.7 Å². The molecule has 0 spiro atoms. The third kappa shape index (κ3) is 2.79. The summed E-state index contributed by atoms with van der Waals surface area (Å²) in [5.41, 5.74) is 2.20. The van der Waals surface area contributed by atoms with Gasteiger partial charge in [0.2, 0.25) is 0 Å². The zero-order valence-corrected chi connectivity index (χ0v) is 13.7. The van der Waals surface area contributed by atoms with Gasteiger partial charge in [-0.3, -0.25) is 5.10 Å². The molecule has 2 heterocycles. The first-order valence-corrected chi connectivity index (χ1v) is 7.86. The molecule has 0 atom stereocenters. The fourth-order valence-corrected chi connectivity index (χ4v) is 2.79. The van der Waals surface area contributed by atoms with Gasteiger partial charge in [-0.05, 0) is 18.2 Å².